The van der Waals surface area contributed by atoms with Gasteiger partial charge in [-0.15, -0.1) is 0 Å². The number of aliphatic hydroxyl groups excluding tert-OH is 1. The summed E-state index contributed by atoms with van der Waals surface area (Å²) in [6, 6.07) is 0. The molecule has 0 unspecified atom stereocenters. The molecule has 0 aromatic carbocycles. The van der Waals surface area contributed by atoms with Gasteiger partial charge >= 0.3 is 0 Å². The predicted molar refractivity (Wildman–Crippen MR) is 108 cm³/mol. The number of aliphatic hydroxyl groups is 1. The van der Waals surface area contributed by atoms with Crippen LogP contribution < -0.4 is 0 Å². The van der Waals surface area contributed by atoms with Gasteiger partial charge in [-0.3, -0.25) is 0 Å². The number of hydrogen-bond donors (Lipinski definition) is 1. The smallest absolute Gasteiger partial charge is 0.0642 e. The van der Waals surface area contributed by atoms with E-state index in [1.807, 2.05) is 0 Å². The van der Waals surface area contributed by atoms with Crippen molar-refractivity contribution in [3.05, 3.63) is 23.4 Å². The van der Waals surface area contributed by atoms with Gasteiger partial charge in [0, 0.05) is 24.2 Å². The molecule has 5 aliphatic rings. The topological polar surface area (TPSA) is 32.7 Å². The van der Waals surface area contributed by atoms with E-state index in [0.717, 1.165) is 56.9 Å². The van der Waals surface area contributed by atoms with Crippen molar-refractivity contribution in [3.63, 3.8) is 0 Å². The largest absolute Gasteiger partial charge is 0.393 e. The molecule has 3 nitrogen and oxygen atoms in total. The fraction of sp³-hybridized carbons (Fsp3) is 0.833. The van der Waals surface area contributed by atoms with Crippen LogP contribution in [0, 0.1) is 34.5 Å². The van der Waals surface area contributed by atoms with Crippen molar-refractivity contribution in [2.75, 3.05) is 26.3 Å². The van der Waals surface area contributed by atoms with E-state index in [9.17, 15) is 5.11 Å². The zero-order valence-corrected chi connectivity index (χ0v) is 17.4. The maximum atomic E-state index is 10.3. The number of nitrogens with zero attached hydrogens (tertiary/aromatic N) is 1. The van der Waals surface area contributed by atoms with Gasteiger partial charge in [0.2, 0.25) is 0 Å². The molecule has 1 heterocycles. The monoisotopic (exact) mass is 371 g/mol. The number of morpholine rings is 1. The summed E-state index contributed by atoms with van der Waals surface area (Å²) in [5.74, 6) is 3.02. The Hall–Kier alpha value is -0.800. The van der Waals surface area contributed by atoms with Gasteiger partial charge in [0.25, 0.3) is 0 Å². The maximum Gasteiger partial charge on any atom is 0.0642 e. The molecule has 150 valence electrons. The summed E-state index contributed by atoms with van der Waals surface area (Å²) in [4.78, 5) is 2.64. The summed E-state index contributed by atoms with van der Waals surface area (Å²) in [6.07, 6.45) is 12.1. The first kappa shape index (κ1) is 18.2. The first-order valence-electron chi connectivity index (χ1n) is 11.4. The van der Waals surface area contributed by atoms with E-state index in [1.54, 1.807) is 11.3 Å². The first-order valence-corrected chi connectivity index (χ1v) is 11.4. The summed E-state index contributed by atoms with van der Waals surface area (Å²) >= 11 is 0. The normalized spacial score (nSPS) is 49.6. The Balaban J connectivity index is 1.46. The summed E-state index contributed by atoms with van der Waals surface area (Å²) in [5.41, 5.74) is 3.90. The highest BCUT2D eigenvalue weighted by molar-refractivity contribution is 5.31. The summed E-state index contributed by atoms with van der Waals surface area (Å²) < 4.78 is 5.62. The maximum absolute atomic E-state index is 10.3. The molecule has 0 radical (unpaired) electrons. The van der Waals surface area contributed by atoms with Crippen molar-refractivity contribution in [1.82, 2.24) is 4.90 Å². The SMILES string of the molecule is C[C@H]1C=C2C[C@@H](O)CC[C@]2(C)[C@H]2CC[C@]3(C)C(N4CCOCC4)=CC[C@H]3[C@H]12. The van der Waals surface area contributed by atoms with Gasteiger partial charge in [0.15, 0.2) is 0 Å². The lowest BCUT2D eigenvalue weighted by Gasteiger charge is -2.60. The zero-order valence-electron chi connectivity index (χ0n) is 17.4. The lowest BCUT2D eigenvalue weighted by Crippen LogP contribution is -2.53. The van der Waals surface area contributed by atoms with Crippen LogP contribution in [-0.4, -0.2) is 42.4 Å². The molecule has 3 heteroatoms. The highest BCUT2D eigenvalue weighted by Gasteiger charge is 2.58. The predicted octanol–water partition coefficient (Wildman–Crippen LogP) is 4.38. The highest BCUT2D eigenvalue weighted by atomic mass is 16.5. The number of allylic oxidation sites excluding steroid dienone is 3. The van der Waals surface area contributed by atoms with Gasteiger partial charge < -0.3 is 14.7 Å². The third kappa shape index (κ3) is 2.60. The van der Waals surface area contributed by atoms with Crippen LogP contribution in [-0.2, 0) is 4.74 Å². The van der Waals surface area contributed by atoms with Crippen molar-refractivity contribution >= 4 is 0 Å². The molecule has 5 rings (SSSR count). The van der Waals surface area contributed by atoms with Crippen LogP contribution in [0.3, 0.4) is 0 Å². The summed E-state index contributed by atoms with van der Waals surface area (Å²) in [7, 11) is 0. The zero-order chi connectivity index (χ0) is 18.8. The van der Waals surface area contributed by atoms with Crippen molar-refractivity contribution in [3.8, 4) is 0 Å². The Kier molecular flexibility index (Phi) is 4.29. The second-order valence-electron chi connectivity index (χ2n) is 10.5. The Labute approximate surface area is 164 Å². The van der Waals surface area contributed by atoms with Gasteiger partial charge in [0.05, 0.1) is 19.3 Å². The Morgan fingerprint density at radius 2 is 1.81 bits per heavy atom. The van der Waals surface area contributed by atoms with E-state index in [-0.39, 0.29) is 6.10 Å². The van der Waals surface area contributed by atoms with Crippen LogP contribution in [0.1, 0.15) is 59.3 Å². The molecule has 7 atom stereocenters. The molecule has 2 saturated carbocycles. The molecule has 27 heavy (non-hydrogen) atoms. The lowest BCUT2D eigenvalue weighted by atomic mass is 9.46. The second-order valence-corrected chi connectivity index (χ2v) is 10.5. The van der Waals surface area contributed by atoms with E-state index in [4.69, 9.17) is 4.74 Å². The molecule has 0 bridgehead atoms. The Morgan fingerprint density at radius 3 is 2.59 bits per heavy atom. The summed E-state index contributed by atoms with van der Waals surface area (Å²) in [5, 5.41) is 10.3. The lowest BCUT2D eigenvalue weighted by molar-refractivity contribution is -0.0579. The second kappa shape index (κ2) is 6.35. The molecule has 0 aromatic heterocycles. The van der Waals surface area contributed by atoms with Crippen LogP contribution in [0.15, 0.2) is 23.4 Å². The molecule has 1 N–H and O–H groups in total. The molecular formula is C24H37NO2. The van der Waals surface area contributed by atoms with Crippen molar-refractivity contribution < 1.29 is 9.84 Å². The van der Waals surface area contributed by atoms with Crippen molar-refractivity contribution in [2.45, 2.75) is 65.4 Å². The third-order valence-electron chi connectivity index (χ3n) is 9.30. The quantitative estimate of drug-likeness (QED) is 0.694. The Morgan fingerprint density at radius 1 is 1.07 bits per heavy atom. The molecule has 4 aliphatic carbocycles. The third-order valence-corrected chi connectivity index (χ3v) is 9.30. The number of rotatable bonds is 1. The van der Waals surface area contributed by atoms with Gasteiger partial charge in [0.1, 0.15) is 0 Å². The minimum Gasteiger partial charge on any atom is -0.393 e. The Bertz CT molecular complexity index is 663. The van der Waals surface area contributed by atoms with Gasteiger partial charge in [-0.2, -0.15) is 0 Å². The van der Waals surface area contributed by atoms with E-state index >= 15 is 0 Å². The molecule has 0 spiro atoms. The number of ether oxygens (including phenoxy) is 1. The van der Waals surface area contributed by atoms with Gasteiger partial charge in [-0.05, 0) is 67.6 Å². The fourth-order valence-corrected chi connectivity index (χ4v) is 7.84. The molecule has 0 aromatic rings. The van der Waals surface area contributed by atoms with Crippen LogP contribution in [0.4, 0.5) is 0 Å². The van der Waals surface area contributed by atoms with E-state index < -0.39 is 0 Å². The average Bonchev–Trinajstić information content (AvgIpc) is 3.01. The van der Waals surface area contributed by atoms with Crippen LogP contribution >= 0.6 is 0 Å². The molecular weight excluding hydrogens is 334 g/mol. The molecule has 1 aliphatic heterocycles. The summed E-state index contributed by atoms with van der Waals surface area (Å²) in [6.45, 7) is 11.5. The average molecular weight is 372 g/mol. The van der Waals surface area contributed by atoms with Crippen molar-refractivity contribution in [2.24, 2.45) is 34.5 Å². The highest BCUT2D eigenvalue weighted by Crippen LogP contribution is 2.66. The molecule has 1 saturated heterocycles. The van der Waals surface area contributed by atoms with Crippen LogP contribution in [0.5, 0.6) is 0 Å². The molecule has 3 fully saturated rings. The van der Waals surface area contributed by atoms with E-state index in [2.05, 4.69) is 37.8 Å². The van der Waals surface area contributed by atoms with Crippen molar-refractivity contribution in [1.29, 1.82) is 0 Å². The van der Waals surface area contributed by atoms with Crippen LogP contribution in [0.2, 0.25) is 0 Å². The van der Waals surface area contributed by atoms with Crippen LogP contribution in [0.25, 0.3) is 0 Å². The fourth-order valence-electron chi connectivity index (χ4n) is 7.84. The van der Waals surface area contributed by atoms with E-state index in [1.165, 1.54) is 25.7 Å². The number of fused-ring (bicyclic) bond motifs is 5. The standard InChI is InChI=1S/C24H37NO2/c1-16-14-17-15-18(26)6-8-23(17,2)20-7-9-24(3)19(22(16)20)4-5-21(24)25-10-12-27-13-11-25/h5,14,16,18-20,22,26H,4,6-13,15H2,1-3H3/t16-,18-,19-,20-,22-,23-,24-/m0/s1. The minimum absolute atomic E-state index is 0.108. The van der Waals surface area contributed by atoms with Gasteiger partial charge in [-0.1, -0.05) is 38.5 Å². The number of hydrogen-bond acceptors (Lipinski definition) is 3. The minimum atomic E-state index is -0.108. The van der Waals surface area contributed by atoms with Gasteiger partial charge in [-0.25, -0.2) is 0 Å². The van der Waals surface area contributed by atoms with E-state index in [0.29, 0.717) is 16.7 Å². The molecule has 0 amide bonds. The first-order chi connectivity index (χ1) is 12.9.